The number of rotatable bonds is 9. The summed E-state index contributed by atoms with van der Waals surface area (Å²) >= 11 is 3.19. The van der Waals surface area contributed by atoms with E-state index >= 15 is 0 Å². The van der Waals surface area contributed by atoms with Crippen LogP contribution in [-0.4, -0.2) is 21.0 Å². The van der Waals surface area contributed by atoms with Crippen LogP contribution < -0.4 is 10.0 Å². The molecule has 0 aliphatic heterocycles. The Morgan fingerprint density at radius 3 is 2.43 bits per heavy atom. The summed E-state index contributed by atoms with van der Waals surface area (Å²) in [4.78, 5) is 0.161. The molecule has 0 bridgehead atoms. The van der Waals surface area contributed by atoms with E-state index < -0.39 is 10.0 Å². The molecule has 0 aromatic carbocycles. The number of halogens is 1. The van der Waals surface area contributed by atoms with Gasteiger partial charge < -0.3 is 9.73 Å². The third-order valence-corrected chi connectivity index (χ3v) is 5.68. The van der Waals surface area contributed by atoms with E-state index in [-0.39, 0.29) is 9.56 Å². The van der Waals surface area contributed by atoms with E-state index in [1.165, 1.54) is 0 Å². The average molecular weight is 381 g/mol. The molecule has 1 aromatic heterocycles. The first-order valence-corrected chi connectivity index (χ1v) is 9.59. The molecule has 0 atom stereocenters. The molecular weight excluding hydrogens is 356 g/mol. The van der Waals surface area contributed by atoms with Crippen molar-refractivity contribution in [1.29, 1.82) is 0 Å². The molecule has 0 saturated carbocycles. The van der Waals surface area contributed by atoms with Crippen molar-refractivity contribution in [3.05, 3.63) is 16.5 Å². The molecule has 0 saturated heterocycles. The van der Waals surface area contributed by atoms with Crippen LogP contribution in [0.2, 0.25) is 0 Å². The van der Waals surface area contributed by atoms with Crippen molar-refractivity contribution in [1.82, 2.24) is 10.0 Å². The third-order valence-electron chi connectivity index (χ3n) is 3.40. The number of hydrogen-bond donors (Lipinski definition) is 2. The fourth-order valence-corrected chi connectivity index (χ4v) is 3.97. The van der Waals surface area contributed by atoms with Gasteiger partial charge >= 0.3 is 0 Å². The lowest BCUT2D eigenvalue weighted by Crippen LogP contribution is -2.29. The summed E-state index contributed by atoms with van der Waals surface area (Å²) in [5.74, 6) is 0.950. The topological polar surface area (TPSA) is 71.3 Å². The van der Waals surface area contributed by atoms with Gasteiger partial charge in [0.05, 0.1) is 6.54 Å². The van der Waals surface area contributed by atoms with Gasteiger partial charge in [-0.25, -0.2) is 13.1 Å². The van der Waals surface area contributed by atoms with Gasteiger partial charge in [-0.15, -0.1) is 0 Å². The Hall–Kier alpha value is -0.370. The Kier molecular flexibility index (Phi) is 7.39. The lowest BCUT2D eigenvalue weighted by Gasteiger charge is -2.12. The minimum Gasteiger partial charge on any atom is -0.452 e. The van der Waals surface area contributed by atoms with Crippen molar-refractivity contribution in [3.8, 4) is 0 Å². The van der Waals surface area contributed by atoms with Gasteiger partial charge in [0, 0.05) is 18.7 Å². The maximum Gasteiger partial charge on any atom is 0.244 e. The van der Waals surface area contributed by atoms with Gasteiger partial charge in [-0.1, -0.05) is 40.5 Å². The van der Waals surface area contributed by atoms with Gasteiger partial charge in [0.1, 0.15) is 10.7 Å². The van der Waals surface area contributed by atoms with E-state index in [4.69, 9.17) is 4.42 Å². The molecule has 0 radical (unpaired) electrons. The molecule has 0 amide bonds. The quantitative estimate of drug-likeness (QED) is 0.689. The van der Waals surface area contributed by atoms with E-state index in [9.17, 15) is 8.42 Å². The molecule has 21 heavy (non-hydrogen) atoms. The maximum atomic E-state index is 12.3. The molecule has 0 aliphatic rings. The summed E-state index contributed by atoms with van der Waals surface area (Å²) in [6.07, 6.45) is 1.91. The van der Waals surface area contributed by atoms with Gasteiger partial charge in [0.25, 0.3) is 0 Å². The number of hydrogen-bond acceptors (Lipinski definition) is 4. The summed E-state index contributed by atoms with van der Waals surface area (Å²) < 4.78 is 33.0. The van der Waals surface area contributed by atoms with Crippen molar-refractivity contribution < 1.29 is 12.8 Å². The Morgan fingerprint density at radius 2 is 1.90 bits per heavy atom. The van der Waals surface area contributed by atoms with Crippen LogP contribution in [0, 0.1) is 5.92 Å². The number of sulfonamides is 1. The molecule has 1 rings (SSSR count). The van der Waals surface area contributed by atoms with Crippen LogP contribution in [0.4, 0.5) is 0 Å². The Balaban J connectivity index is 2.78. The first kappa shape index (κ1) is 18.7. The van der Waals surface area contributed by atoms with Crippen molar-refractivity contribution in [2.45, 2.75) is 58.0 Å². The largest absolute Gasteiger partial charge is 0.452 e. The fraction of sp³-hybridized carbons (Fsp3) is 0.714. The molecule has 1 heterocycles. The van der Waals surface area contributed by atoms with Crippen LogP contribution in [-0.2, 0) is 16.6 Å². The summed E-state index contributed by atoms with van der Waals surface area (Å²) in [7, 11) is -3.54. The highest BCUT2D eigenvalue weighted by Crippen LogP contribution is 2.26. The van der Waals surface area contributed by atoms with Gasteiger partial charge in [0.2, 0.25) is 10.0 Å². The van der Waals surface area contributed by atoms with Crippen LogP contribution in [0.3, 0.4) is 0 Å². The van der Waals surface area contributed by atoms with Gasteiger partial charge in [-0.3, -0.25) is 0 Å². The molecule has 0 unspecified atom stereocenters. The molecule has 5 nitrogen and oxygen atoms in total. The molecule has 7 heteroatoms. The predicted molar refractivity (Wildman–Crippen MR) is 87.6 cm³/mol. The third kappa shape index (κ3) is 5.73. The average Bonchev–Trinajstić information content (AvgIpc) is 2.79. The second-order valence-corrected chi connectivity index (χ2v) is 7.88. The molecular formula is C14H25BrN2O3S. The molecule has 0 fully saturated rings. The van der Waals surface area contributed by atoms with E-state index in [0.29, 0.717) is 30.8 Å². The Bertz CT molecular complexity index is 536. The highest BCUT2D eigenvalue weighted by Gasteiger charge is 2.23. The monoisotopic (exact) mass is 380 g/mol. The van der Waals surface area contributed by atoms with E-state index in [0.717, 1.165) is 12.8 Å². The van der Waals surface area contributed by atoms with Crippen molar-refractivity contribution in [2.24, 2.45) is 5.92 Å². The SMILES string of the molecule is CCC(CC)CNS(=O)(=O)c1cc(CNC(C)C)oc1Br. The molecule has 0 spiro atoms. The van der Waals surface area contributed by atoms with Gasteiger partial charge in [0.15, 0.2) is 4.67 Å². The number of furan rings is 1. The summed E-state index contributed by atoms with van der Waals surface area (Å²) in [5.41, 5.74) is 0. The zero-order valence-corrected chi connectivity index (χ0v) is 15.5. The highest BCUT2D eigenvalue weighted by atomic mass is 79.9. The van der Waals surface area contributed by atoms with Gasteiger partial charge in [-0.2, -0.15) is 0 Å². The highest BCUT2D eigenvalue weighted by molar-refractivity contribution is 9.10. The van der Waals surface area contributed by atoms with Gasteiger partial charge in [-0.05, 0) is 21.8 Å². The first-order chi connectivity index (χ1) is 9.80. The lowest BCUT2D eigenvalue weighted by molar-refractivity contribution is 0.446. The second-order valence-electron chi connectivity index (χ2n) is 5.42. The molecule has 122 valence electrons. The van der Waals surface area contributed by atoms with Crippen LogP contribution in [0.1, 0.15) is 46.3 Å². The fourth-order valence-electron chi connectivity index (χ4n) is 1.86. The smallest absolute Gasteiger partial charge is 0.244 e. The lowest BCUT2D eigenvalue weighted by atomic mass is 10.0. The van der Waals surface area contributed by atoms with Crippen molar-refractivity contribution in [3.63, 3.8) is 0 Å². The Labute approximate surface area is 136 Å². The van der Waals surface area contributed by atoms with Crippen LogP contribution in [0.15, 0.2) is 20.0 Å². The normalized spacial score (nSPS) is 12.5. The molecule has 1 aromatic rings. The van der Waals surface area contributed by atoms with Crippen LogP contribution in [0.5, 0.6) is 0 Å². The van der Waals surface area contributed by atoms with E-state index in [2.05, 4.69) is 39.8 Å². The molecule has 0 aliphatic carbocycles. The summed E-state index contributed by atoms with van der Waals surface area (Å²) in [6.45, 7) is 9.11. The zero-order valence-electron chi connectivity index (χ0n) is 13.1. The maximum absolute atomic E-state index is 12.3. The van der Waals surface area contributed by atoms with E-state index in [1.807, 2.05) is 13.8 Å². The van der Waals surface area contributed by atoms with Crippen molar-refractivity contribution in [2.75, 3.05) is 6.54 Å². The first-order valence-electron chi connectivity index (χ1n) is 7.31. The number of nitrogens with one attached hydrogen (secondary N) is 2. The second kappa shape index (κ2) is 8.31. The van der Waals surface area contributed by atoms with Crippen molar-refractivity contribution >= 4 is 26.0 Å². The summed E-state index contributed by atoms with van der Waals surface area (Å²) in [5, 5.41) is 3.19. The van der Waals surface area contributed by atoms with Crippen LogP contribution in [0.25, 0.3) is 0 Å². The van der Waals surface area contributed by atoms with Crippen LogP contribution >= 0.6 is 15.9 Å². The van der Waals surface area contributed by atoms with E-state index in [1.54, 1.807) is 6.07 Å². The minimum absolute atomic E-state index is 0.161. The molecule has 2 N–H and O–H groups in total. The zero-order chi connectivity index (χ0) is 16.0. The standard InChI is InChI=1S/C14H25BrN2O3S/c1-5-11(6-2)8-17-21(18,19)13-7-12(20-14(13)15)9-16-10(3)4/h7,10-11,16-17H,5-6,8-9H2,1-4H3. The summed E-state index contributed by atoms with van der Waals surface area (Å²) in [6, 6.07) is 1.87. The predicted octanol–water partition coefficient (Wildman–Crippen LogP) is 3.25. The minimum atomic E-state index is -3.54. The Morgan fingerprint density at radius 1 is 1.29 bits per heavy atom.